The summed E-state index contributed by atoms with van der Waals surface area (Å²) in [6.45, 7) is 0. The molecule has 0 amide bonds. The third-order valence-corrected chi connectivity index (χ3v) is 12.1. The predicted octanol–water partition coefficient (Wildman–Crippen LogP) is 13.9. The lowest BCUT2D eigenvalue weighted by molar-refractivity contribution is 0.749. The van der Waals surface area contributed by atoms with Crippen LogP contribution < -0.4 is 10.2 Å². The van der Waals surface area contributed by atoms with E-state index >= 15 is 0 Å². The number of allylic oxidation sites excluding steroid dienone is 9. The van der Waals surface area contributed by atoms with E-state index < -0.39 is 0 Å². The van der Waals surface area contributed by atoms with Gasteiger partial charge in [-0.1, -0.05) is 164 Å². The van der Waals surface area contributed by atoms with Gasteiger partial charge in [0.25, 0.3) is 0 Å². The number of nitrogens with zero attached hydrogens (tertiary/aromatic N) is 2. The van der Waals surface area contributed by atoms with Crippen LogP contribution in [0.1, 0.15) is 47.9 Å². The predicted molar refractivity (Wildman–Crippen MR) is 242 cm³/mol. The Morgan fingerprint density at radius 3 is 2.17 bits per heavy atom. The molecule has 2 unspecified atom stereocenters. The number of para-hydroxylation sites is 4. The van der Waals surface area contributed by atoms with Gasteiger partial charge in [-0.05, 0) is 89.6 Å². The highest BCUT2D eigenvalue weighted by Crippen LogP contribution is 2.54. The molecule has 3 nitrogen and oxygen atoms in total. The molecule has 7 aromatic rings. The van der Waals surface area contributed by atoms with E-state index in [0.717, 1.165) is 24.9 Å². The van der Waals surface area contributed by atoms with E-state index in [1.54, 1.807) is 0 Å². The van der Waals surface area contributed by atoms with Crippen molar-refractivity contribution in [2.45, 2.75) is 31.2 Å². The zero-order valence-corrected chi connectivity index (χ0v) is 32.3. The van der Waals surface area contributed by atoms with E-state index in [4.69, 9.17) is 0 Å². The van der Waals surface area contributed by atoms with E-state index in [-0.39, 0.29) is 12.0 Å². The monoisotopic (exact) mass is 745 g/mol. The molecule has 2 aliphatic carbocycles. The van der Waals surface area contributed by atoms with Gasteiger partial charge < -0.3 is 14.8 Å². The molecule has 4 aliphatic rings. The van der Waals surface area contributed by atoms with Crippen molar-refractivity contribution in [2.24, 2.45) is 0 Å². The number of nitrogens with one attached hydrogen (secondary N) is 1. The first-order chi connectivity index (χ1) is 28.8. The number of benzene rings is 6. The second-order valence-electron chi connectivity index (χ2n) is 15.6. The highest BCUT2D eigenvalue weighted by molar-refractivity contribution is 6.12. The van der Waals surface area contributed by atoms with Gasteiger partial charge in [-0.15, -0.1) is 0 Å². The van der Waals surface area contributed by atoms with Gasteiger partial charge in [0.15, 0.2) is 0 Å². The summed E-state index contributed by atoms with van der Waals surface area (Å²) in [6, 6.07) is 57.7. The number of hydrogen-bond donors (Lipinski definition) is 1. The number of rotatable bonds is 6. The number of hydrogen-bond acceptors (Lipinski definition) is 2. The smallest absolute Gasteiger partial charge is 0.0707 e. The Labute approximate surface area is 340 Å². The second kappa shape index (κ2) is 14.4. The van der Waals surface area contributed by atoms with Gasteiger partial charge in [-0.25, -0.2) is 0 Å². The van der Waals surface area contributed by atoms with Crippen LogP contribution >= 0.6 is 0 Å². The van der Waals surface area contributed by atoms with Gasteiger partial charge >= 0.3 is 0 Å². The minimum absolute atomic E-state index is 0.0535. The molecule has 0 saturated carbocycles. The Kier molecular flexibility index (Phi) is 8.51. The van der Waals surface area contributed by atoms with Crippen molar-refractivity contribution in [3.05, 3.63) is 240 Å². The summed E-state index contributed by atoms with van der Waals surface area (Å²) in [5.41, 5.74) is 18.5. The van der Waals surface area contributed by atoms with Crippen LogP contribution in [0.4, 0.5) is 11.4 Å². The Morgan fingerprint density at radius 2 is 1.34 bits per heavy atom. The van der Waals surface area contributed by atoms with Crippen LogP contribution in [-0.2, 0) is 0 Å². The van der Waals surface area contributed by atoms with Gasteiger partial charge in [0, 0.05) is 45.1 Å². The Hall–Kier alpha value is -7.10. The molecule has 0 spiro atoms. The Morgan fingerprint density at radius 1 is 0.621 bits per heavy atom. The molecule has 1 N–H and O–H groups in total. The molecule has 11 rings (SSSR count). The van der Waals surface area contributed by atoms with Crippen molar-refractivity contribution < 1.29 is 0 Å². The first kappa shape index (κ1) is 34.2. The minimum atomic E-state index is 0.0535. The molecule has 0 radical (unpaired) electrons. The summed E-state index contributed by atoms with van der Waals surface area (Å²) < 4.78 is 2.46. The number of dihydropyridines is 1. The molecule has 3 heterocycles. The summed E-state index contributed by atoms with van der Waals surface area (Å²) in [5.74, 6) is 0.214. The average molecular weight is 746 g/mol. The zero-order valence-electron chi connectivity index (χ0n) is 32.3. The highest BCUT2D eigenvalue weighted by atomic mass is 15.2. The third-order valence-electron chi connectivity index (χ3n) is 12.1. The van der Waals surface area contributed by atoms with Crippen molar-refractivity contribution in [3.63, 3.8) is 0 Å². The van der Waals surface area contributed by atoms with Crippen molar-refractivity contribution in [3.8, 4) is 28.1 Å². The van der Waals surface area contributed by atoms with Gasteiger partial charge in [0.1, 0.15) is 0 Å². The molecule has 0 fully saturated rings. The lowest BCUT2D eigenvalue weighted by Crippen LogP contribution is -2.22. The minimum Gasteiger partial charge on any atom is -0.374 e. The molecule has 58 heavy (non-hydrogen) atoms. The summed E-state index contributed by atoms with van der Waals surface area (Å²) >= 11 is 0. The van der Waals surface area contributed by atoms with Crippen molar-refractivity contribution in [2.75, 3.05) is 4.90 Å². The van der Waals surface area contributed by atoms with Crippen LogP contribution in [-0.4, -0.2) is 4.57 Å². The van der Waals surface area contributed by atoms with Gasteiger partial charge in [0.2, 0.25) is 0 Å². The highest BCUT2D eigenvalue weighted by Gasteiger charge is 2.32. The van der Waals surface area contributed by atoms with Crippen LogP contribution in [0.2, 0.25) is 0 Å². The first-order valence-corrected chi connectivity index (χ1v) is 20.6. The van der Waals surface area contributed by atoms with Crippen LogP contribution in [0.15, 0.2) is 223 Å². The fourth-order valence-electron chi connectivity index (χ4n) is 9.44. The van der Waals surface area contributed by atoms with E-state index in [2.05, 4.69) is 221 Å². The lowest BCUT2D eigenvalue weighted by atomic mass is 9.87. The van der Waals surface area contributed by atoms with E-state index in [0.29, 0.717) is 0 Å². The molecule has 278 valence electrons. The van der Waals surface area contributed by atoms with E-state index in [9.17, 15) is 0 Å². The lowest BCUT2D eigenvalue weighted by Gasteiger charge is -2.31. The Bertz CT molecular complexity index is 2900. The fraction of sp³-hybridized carbons (Fsp3) is 0.0909. The third kappa shape index (κ3) is 5.90. The van der Waals surface area contributed by atoms with Crippen molar-refractivity contribution in [1.29, 1.82) is 0 Å². The number of anilines is 2. The van der Waals surface area contributed by atoms with Crippen LogP contribution in [0, 0.1) is 0 Å². The molecule has 0 bridgehead atoms. The summed E-state index contributed by atoms with van der Waals surface area (Å²) in [5, 5.41) is 5.16. The summed E-state index contributed by atoms with van der Waals surface area (Å²) in [7, 11) is 0. The maximum absolute atomic E-state index is 3.91. The molecule has 2 atom stereocenters. The molecular formula is C55H43N3. The maximum Gasteiger partial charge on any atom is 0.0707 e. The largest absolute Gasteiger partial charge is 0.374 e. The zero-order chi connectivity index (χ0) is 38.4. The number of aromatic nitrogens is 1. The second-order valence-corrected chi connectivity index (χ2v) is 15.6. The molecular weight excluding hydrogens is 703 g/mol. The maximum atomic E-state index is 3.91. The van der Waals surface area contributed by atoms with Crippen molar-refractivity contribution >= 4 is 28.0 Å². The van der Waals surface area contributed by atoms with Crippen LogP contribution in [0.3, 0.4) is 0 Å². The van der Waals surface area contributed by atoms with Crippen LogP contribution in [0.25, 0.3) is 44.7 Å². The van der Waals surface area contributed by atoms with E-state index in [1.165, 1.54) is 83.9 Å². The number of fused-ring (bicyclic) bond motifs is 7. The summed E-state index contributed by atoms with van der Waals surface area (Å²) in [4.78, 5) is 2.50. The standard InChI is InChI=1S/C55H43N3/c1-4-18-38(19-5-1)43-36-49(39-20-6-2-7-21-39)56-50(37-43)42-24-16-22-40(34-42)41-23-17-27-45(35-41)57-51-31-13-10-28-46(51)54-47-29-11-14-32-52(47)58(44-25-8-3-9-26-44)55(54)48-30-12-15-33-53(48)57/h1-4,6-18,20-22,24-37,41,50,56H,5,19,23H2. The quantitative estimate of drug-likeness (QED) is 0.183. The molecule has 0 saturated heterocycles. The van der Waals surface area contributed by atoms with Gasteiger partial charge in [-0.3, -0.25) is 0 Å². The SMILES string of the molecule is C1=CCCC(C2=CC(c3cccc(C4C=C(N5c6ccccc6-c6c(n(-c7ccccc7)c7ccccc67)-c6ccccc65)C=CC4)c3)NC(c3ccccc3)=C2)=C1. The van der Waals surface area contributed by atoms with E-state index in [1.807, 2.05) is 0 Å². The molecule has 3 heteroatoms. The fourth-order valence-corrected chi connectivity index (χ4v) is 9.44. The van der Waals surface area contributed by atoms with Crippen LogP contribution in [0.5, 0.6) is 0 Å². The topological polar surface area (TPSA) is 20.2 Å². The normalized spacial score (nSPS) is 18.2. The Balaban J connectivity index is 1.02. The molecule has 1 aromatic heterocycles. The average Bonchev–Trinajstić information content (AvgIpc) is 3.59. The van der Waals surface area contributed by atoms with Gasteiger partial charge in [-0.2, -0.15) is 0 Å². The van der Waals surface area contributed by atoms with Gasteiger partial charge in [0.05, 0.1) is 28.6 Å². The first-order valence-electron chi connectivity index (χ1n) is 20.6. The van der Waals surface area contributed by atoms with Crippen molar-refractivity contribution in [1.82, 2.24) is 9.88 Å². The summed E-state index contributed by atoms with van der Waals surface area (Å²) in [6.07, 6.45) is 21.8. The molecule has 2 aliphatic heterocycles. The molecule has 6 aromatic carbocycles.